The molecular formula is C25H16ClN3O3S2. The number of fused-ring (bicyclic) bond motifs is 1. The molecule has 3 aromatic carbocycles. The number of thiocarbonyl (C=S) groups is 1. The zero-order chi connectivity index (χ0) is 23.8. The van der Waals surface area contributed by atoms with E-state index in [1.165, 1.54) is 34.9 Å². The number of aromatic nitrogens is 1. The number of hydrogen-bond donors (Lipinski definition) is 0. The van der Waals surface area contributed by atoms with E-state index < -0.39 is 4.92 Å². The normalized spacial score (nSPS) is 15.0. The van der Waals surface area contributed by atoms with E-state index in [4.69, 9.17) is 23.8 Å². The minimum absolute atomic E-state index is 0.0989. The summed E-state index contributed by atoms with van der Waals surface area (Å²) in [5, 5.41) is 12.8. The summed E-state index contributed by atoms with van der Waals surface area (Å²) in [4.78, 5) is 25.7. The number of hydrogen-bond acceptors (Lipinski definition) is 5. The minimum Gasteiger partial charge on any atom is -0.342 e. The molecule has 1 amide bonds. The number of carbonyl (C=O) groups is 1. The van der Waals surface area contributed by atoms with E-state index in [9.17, 15) is 14.9 Å². The highest BCUT2D eigenvalue weighted by atomic mass is 35.5. The predicted octanol–water partition coefficient (Wildman–Crippen LogP) is 6.66. The first kappa shape index (κ1) is 22.3. The van der Waals surface area contributed by atoms with Crippen molar-refractivity contribution in [2.45, 2.75) is 6.54 Å². The lowest BCUT2D eigenvalue weighted by atomic mass is 10.1. The maximum Gasteiger partial charge on any atom is 0.271 e. The number of nitro benzene ring substituents is 1. The monoisotopic (exact) mass is 505 g/mol. The highest BCUT2D eigenvalue weighted by Gasteiger charge is 2.34. The maximum absolute atomic E-state index is 13.2. The molecule has 0 saturated carbocycles. The number of nitro groups is 1. The molecule has 1 saturated heterocycles. The Kier molecular flexibility index (Phi) is 5.95. The van der Waals surface area contributed by atoms with Crippen LogP contribution in [-0.2, 0) is 11.3 Å². The van der Waals surface area contributed by atoms with E-state index in [1.54, 1.807) is 6.07 Å². The fourth-order valence-corrected chi connectivity index (χ4v) is 5.39. The Morgan fingerprint density at radius 3 is 2.62 bits per heavy atom. The van der Waals surface area contributed by atoms with Crippen molar-refractivity contribution in [3.8, 4) is 0 Å². The first-order chi connectivity index (χ1) is 16.4. The van der Waals surface area contributed by atoms with Crippen molar-refractivity contribution in [1.82, 2.24) is 4.57 Å². The predicted molar refractivity (Wildman–Crippen MR) is 141 cm³/mol. The summed E-state index contributed by atoms with van der Waals surface area (Å²) in [6.07, 6.45) is 3.82. The molecule has 0 aliphatic carbocycles. The van der Waals surface area contributed by atoms with Crippen molar-refractivity contribution in [3.05, 3.63) is 110 Å². The second-order valence-corrected chi connectivity index (χ2v) is 9.70. The first-order valence-corrected chi connectivity index (χ1v) is 11.9. The number of halogens is 1. The smallest absolute Gasteiger partial charge is 0.271 e. The molecule has 0 bridgehead atoms. The van der Waals surface area contributed by atoms with Gasteiger partial charge in [-0.1, -0.05) is 78.0 Å². The summed E-state index contributed by atoms with van der Waals surface area (Å²) < 4.78 is 2.43. The van der Waals surface area contributed by atoms with Gasteiger partial charge in [0.15, 0.2) is 4.32 Å². The van der Waals surface area contributed by atoms with Crippen LogP contribution in [0.3, 0.4) is 0 Å². The van der Waals surface area contributed by atoms with Gasteiger partial charge in [0.2, 0.25) is 0 Å². The molecule has 6 nitrogen and oxygen atoms in total. The van der Waals surface area contributed by atoms with Crippen molar-refractivity contribution in [1.29, 1.82) is 0 Å². The molecule has 1 aliphatic rings. The van der Waals surface area contributed by atoms with E-state index in [1.807, 2.05) is 60.8 Å². The molecule has 1 aromatic heterocycles. The van der Waals surface area contributed by atoms with Gasteiger partial charge in [0.25, 0.3) is 11.6 Å². The average molecular weight is 506 g/mol. The zero-order valence-electron chi connectivity index (χ0n) is 17.6. The average Bonchev–Trinajstić information content (AvgIpc) is 3.31. The van der Waals surface area contributed by atoms with Gasteiger partial charge >= 0.3 is 0 Å². The Hall–Kier alpha value is -3.46. The minimum atomic E-state index is -0.495. The van der Waals surface area contributed by atoms with Gasteiger partial charge in [0.05, 0.1) is 15.5 Å². The number of non-ortho nitro benzene ring substituents is 1. The molecular weight excluding hydrogens is 490 g/mol. The van der Waals surface area contributed by atoms with Crippen LogP contribution in [0.4, 0.5) is 11.4 Å². The van der Waals surface area contributed by atoms with Crippen molar-refractivity contribution in [3.63, 3.8) is 0 Å². The lowest BCUT2D eigenvalue weighted by molar-refractivity contribution is -0.384. The Morgan fingerprint density at radius 2 is 1.82 bits per heavy atom. The number of carbonyl (C=O) groups excluding carboxylic acids is 1. The molecule has 4 aromatic rings. The van der Waals surface area contributed by atoms with Gasteiger partial charge in [0.1, 0.15) is 0 Å². The summed E-state index contributed by atoms with van der Waals surface area (Å²) in [6.45, 7) is 0.586. The summed E-state index contributed by atoms with van der Waals surface area (Å²) in [7, 11) is 0. The molecule has 9 heteroatoms. The topological polar surface area (TPSA) is 68.4 Å². The molecule has 168 valence electrons. The van der Waals surface area contributed by atoms with Crippen molar-refractivity contribution < 1.29 is 9.72 Å². The Bertz CT molecular complexity index is 1510. The molecule has 34 heavy (non-hydrogen) atoms. The van der Waals surface area contributed by atoms with E-state index in [0.717, 1.165) is 22.0 Å². The van der Waals surface area contributed by atoms with E-state index >= 15 is 0 Å². The van der Waals surface area contributed by atoms with Crippen molar-refractivity contribution >= 4 is 74.2 Å². The summed E-state index contributed by atoms with van der Waals surface area (Å²) in [6, 6.07) is 21.6. The second-order valence-electron chi connectivity index (χ2n) is 7.61. The molecule has 0 N–H and O–H groups in total. The van der Waals surface area contributed by atoms with Crippen LogP contribution >= 0.6 is 35.6 Å². The molecule has 2 heterocycles. The Morgan fingerprint density at radius 1 is 1.06 bits per heavy atom. The van der Waals surface area contributed by atoms with Crippen molar-refractivity contribution in [2.75, 3.05) is 4.90 Å². The zero-order valence-corrected chi connectivity index (χ0v) is 19.9. The van der Waals surface area contributed by atoms with Crippen LogP contribution in [0.5, 0.6) is 0 Å². The standard InChI is InChI=1S/C25H16ClN3O3S2/c26-21-10-3-1-6-16(21)14-27-15-17(20-9-2-4-11-22(20)27)12-23-24(30)28(25(33)34-23)18-7-5-8-19(13-18)29(31)32/h1-13,15H,14H2/b23-12-. The third kappa shape index (κ3) is 4.11. The second kappa shape index (κ2) is 9.06. The fourth-order valence-electron chi connectivity index (χ4n) is 3.91. The number of rotatable bonds is 5. The van der Waals surface area contributed by atoms with Gasteiger partial charge in [-0.2, -0.15) is 0 Å². The highest BCUT2D eigenvalue weighted by Crippen LogP contribution is 2.38. The molecule has 0 unspecified atom stereocenters. The molecule has 0 atom stereocenters. The third-order valence-corrected chi connectivity index (χ3v) is 7.17. The Balaban J connectivity index is 1.52. The quantitative estimate of drug-likeness (QED) is 0.131. The van der Waals surface area contributed by atoms with Gasteiger partial charge in [0, 0.05) is 46.4 Å². The fraction of sp³-hybridized carbons (Fsp3) is 0.0400. The van der Waals surface area contributed by atoms with Crippen LogP contribution in [0.1, 0.15) is 11.1 Å². The maximum atomic E-state index is 13.2. The van der Waals surface area contributed by atoms with Gasteiger partial charge in [-0.3, -0.25) is 19.8 Å². The molecule has 1 fully saturated rings. The largest absolute Gasteiger partial charge is 0.342 e. The summed E-state index contributed by atoms with van der Waals surface area (Å²) in [5.41, 5.74) is 3.16. The first-order valence-electron chi connectivity index (χ1n) is 10.3. The number of benzene rings is 3. The summed E-state index contributed by atoms with van der Waals surface area (Å²) in [5.74, 6) is -0.307. The Labute approximate surface area is 209 Å². The van der Waals surface area contributed by atoms with Crippen LogP contribution in [-0.4, -0.2) is 19.7 Å². The number of thioether (sulfide) groups is 1. The number of amides is 1. The third-order valence-electron chi connectivity index (χ3n) is 5.50. The number of anilines is 1. The lowest BCUT2D eigenvalue weighted by Crippen LogP contribution is -2.27. The molecule has 5 rings (SSSR count). The molecule has 0 radical (unpaired) electrons. The van der Waals surface area contributed by atoms with Crippen LogP contribution < -0.4 is 4.90 Å². The van der Waals surface area contributed by atoms with E-state index in [2.05, 4.69) is 4.57 Å². The molecule has 0 spiro atoms. The summed E-state index contributed by atoms with van der Waals surface area (Å²) >= 11 is 13.0. The van der Waals surface area contributed by atoms with Gasteiger partial charge in [-0.05, 0) is 29.8 Å². The van der Waals surface area contributed by atoms with Gasteiger partial charge in [-0.25, -0.2) is 0 Å². The van der Waals surface area contributed by atoms with Crippen LogP contribution in [0.15, 0.2) is 83.9 Å². The van der Waals surface area contributed by atoms with Crippen LogP contribution in [0, 0.1) is 10.1 Å². The van der Waals surface area contributed by atoms with Crippen molar-refractivity contribution in [2.24, 2.45) is 0 Å². The number of nitrogens with zero attached hydrogens (tertiary/aromatic N) is 3. The van der Waals surface area contributed by atoms with Crippen LogP contribution in [0.2, 0.25) is 5.02 Å². The SMILES string of the molecule is O=C1/C(=C/c2cn(Cc3ccccc3Cl)c3ccccc23)SC(=S)N1c1cccc([N+](=O)[O-])c1. The van der Waals surface area contributed by atoms with E-state index in [-0.39, 0.29) is 11.6 Å². The highest BCUT2D eigenvalue weighted by molar-refractivity contribution is 8.27. The van der Waals surface area contributed by atoms with Gasteiger partial charge in [-0.15, -0.1) is 0 Å². The van der Waals surface area contributed by atoms with Gasteiger partial charge < -0.3 is 4.57 Å². The lowest BCUT2D eigenvalue weighted by Gasteiger charge is -2.13. The van der Waals surface area contributed by atoms with Crippen LogP contribution in [0.25, 0.3) is 17.0 Å². The molecule has 1 aliphatic heterocycles. The van der Waals surface area contributed by atoms with E-state index in [0.29, 0.717) is 26.5 Å². The number of para-hydroxylation sites is 1.